The maximum atomic E-state index is 11.6. The van der Waals surface area contributed by atoms with E-state index in [4.69, 9.17) is 0 Å². The van der Waals surface area contributed by atoms with Crippen LogP contribution in [0.3, 0.4) is 0 Å². The number of aliphatic hydroxyl groups excluding tert-OH is 1. The molecule has 0 amide bonds. The predicted octanol–water partition coefficient (Wildman–Crippen LogP) is 7.06. The SMILES string of the molecule is CCCCCCCCCCCCC(CCCCCCCC(O)CC)S(=O)(=O)O. The number of unbranched alkanes of at least 4 members (excludes halogenated alkanes) is 13. The maximum Gasteiger partial charge on any atom is 0.267 e. The number of hydrogen-bond acceptors (Lipinski definition) is 3. The highest BCUT2D eigenvalue weighted by Gasteiger charge is 2.21. The largest absolute Gasteiger partial charge is 0.393 e. The average molecular weight is 421 g/mol. The fourth-order valence-corrected chi connectivity index (χ4v) is 4.72. The lowest BCUT2D eigenvalue weighted by atomic mass is 10.0. The van der Waals surface area contributed by atoms with E-state index in [9.17, 15) is 18.1 Å². The normalized spacial score (nSPS) is 14.3. The second-order valence-corrected chi connectivity index (χ2v) is 10.2. The van der Waals surface area contributed by atoms with Crippen LogP contribution in [-0.4, -0.2) is 29.4 Å². The quantitative estimate of drug-likeness (QED) is 0.154. The first-order chi connectivity index (χ1) is 13.4. The molecule has 0 aromatic heterocycles. The molecular formula is C23H48O4S. The zero-order valence-corrected chi connectivity index (χ0v) is 19.5. The van der Waals surface area contributed by atoms with Gasteiger partial charge in [0.25, 0.3) is 10.1 Å². The molecule has 0 aromatic rings. The summed E-state index contributed by atoms with van der Waals surface area (Å²) in [5.74, 6) is 0. The lowest BCUT2D eigenvalue weighted by Gasteiger charge is -2.14. The molecule has 4 nitrogen and oxygen atoms in total. The first-order valence-corrected chi connectivity index (χ1v) is 13.6. The molecule has 0 aliphatic heterocycles. The second kappa shape index (κ2) is 18.9. The van der Waals surface area contributed by atoms with E-state index in [0.717, 1.165) is 57.8 Å². The molecule has 2 unspecified atom stereocenters. The minimum absolute atomic E-state index is 0.176. The molecule has 0 heterocycles. The first-order valence-electron chi connectivity index (χ1n) is 12.1. The van der Waals surface area contributed by atoms with E-state index in [-0.39, 0.29) is 6.10 Å². The third kappa shape index (κ3) is 17.9. The summed E-state index contributed by atoms with van der Waals surface area (Å²) in [6, 6.07) is 0. The molecule has 0 spiro atoms. The maximum absolute atomic E-state index is 11.6. The van der Waals surface area contributed by atoms with Crippen molar-refractivity contribution in [3.63, 3.8) is 0 Å². The Kier molecular flexibility index (Phi) is 18.8. The smallest absolute Gasteiger partial charge is 0.267 e. The highest BCUT2D eigenvalue weighted by atomic mass is 32.2. The Bertz CT molecular complexity index is 422. The van der Waals surface area contributed by atoms with Gasteiger partial charge in [0.1, 0.15) is 0 Å². The van der Waals surface area contributed by atoms with Gasteiger partial charge >= 0.3 is 0 Å². The van der Waals surface area contributed by atoms with Gasteiger partial charge in [0, 0.05) is 0 Å². The van der Waals surface area contributed by atoms with Crippen LogP contribution in [0.2, 0.25) is 0 Å². The summed E-state index contributed by atoms with van der Waals surface area (Å²) in [5, 5.41) is 8.94. The Morgan fingerprint density at radius 2 is 0.964 bits per heavy atom. The van der Waals surface area contributed by atoms with Gasteiger partial charge < -0.3 is 5.11 Å². The Morgan fingerprint density at radius 1 is 0.607 bits per heavy atom. The van der Waals surface area contributed by atoms with Gasteiger partial charge in [-0.2, -0.15) is 8.42 Å². The van der Waals surface area contributed by atoms with E-state index in [1.807, 2.05) is 6.92 Å². The molecule has 170 valence electrons. The van der Waals surface area contributed by atoms with Crippen LogP contribution in [0.4, 0.5) is 0 Å². The molecule has 0 radical (unpaired) electrons. The summed E-state index contributed by atoms with van der Waals surface area (Å²) < 4.78 is 32.7. The van der Waals surface area contributed by atoms with Gasteiger partial charge in [0.05, 0.1) is 11.4 Å². The van der Waals surface area contributed by atoms with Crippen molar-refractivity contribution in [2.24, 2.45) is 0 Å². The van der Waals surface area contributed by atoms with Gasteiger partial charge in [-0.25, -0.2) is 0 Å². The van der Waals surface area contributed by atoms with Crippen LogP contribution in [0.5, 0.6) is 0 Å². The molecule has 2 atom stereocenters. The predicted molar refractivity (Wildman–Crippen MR) is 120 cm³/mol. The summed E-state index contributed by atoms with van der Waals surface area (Å²) in [7, 11) is -3.92. The molecular weight excluding hydrogens is 372 g/mol. The fourth-order valence-electron chi connectivity index (χ4n) is 3.79. The van der Waals surface area contributed by atoms with E-state index in [2.05, 4.69) is 6.92 Å². The van der Waals surface area contributed by atoms with E-state index >= 15 is 0 Å². The number of rotatable bonds is 21. The van der Waals surface area contributed by atoms with E-state index in [0.29, 0.717) is 12.8 Å². The molecule has 0 aliphatic carbocycles. The minimum Gasteiger partial charge on any atom is -0.393 e. The van der Waals surface area contributed by atoms with E-state index in [1.54, 1.807) is 0 Å². The summed E-state index contributed by atoms with van der Waals surface area (Å²) >= 11 is 0. The molecule has 5 heteroatoms. The van der Waals surface area contributed by atoms with Crippen LogP contribution < -0.4 is 0 Å². The molecule has 0 aromatic carbocycles. The molecule has 0 saturated carbocycles. The number of aliphatic hydroxyl groups is 1. The van der Waals surface area contributed by atoms with Crippen molar-refractivity contribution in [1.82, 2.24) is 0 Å². The van der Waals surface area contributed by atoms with Gasteiger partial charge in [-0.15, -0.1) is 0 Å². The fraction of sp³-hybridized carbons (Fsp3) is 1.00. The standard InChI is InChI=1S/C23H48O4S/c1-3-5-6-7-8-9-10-11-14-17-20-23(28(25,26)27)21-18-15-12-13-16-19-22(24)4-2/h22-24H,3-21H2,1-2H3,(H,25,26,27). The van der Waals surface area contributed by atoms with Crippen molar-refractivity contribution in [3.8, 4) is 0 Å². The Hall–Kier alpha value is -0.130. The molecule has 0 aliphatic rings. The van der Waals surface area contributed by atoms with Crippen LogP contribution in [0.25, 0.3) is 0 Å². The third-order valence-electron chi connectivity index (χ3n) is 5.84. The van der Waals surface area contributed by atoms with Crippen molar-refractivity contribution in [1.29, 1.82) is 0 Å². The van der Waals surface area contributed by atoms with Crippen LogP contribution >= 0.6 is 0 Å². The summed E-state index contributed by atoms with van der Waals surface area (Å²) in [5.41, 5.74) is 0. The van der Waals surface area contributed by atoms with Crippen molar-refractivity contribution < 1.29 is 18.1 Å². The van der Waals surface area contributed by atoms with Crippen molar-refractivity contribution in [3.05, 3.63) is 0 Å². The molecule has 28 heavy (non-hydrogen) atoms. The second-order valence-electron chi connectivity index (χ2n) is 8.51. The van der Waals surface area contributed by atoms with Crippen molar-refractivity contribution in [2.75, 3.05) is 0 Å². The van der Waals surface area contributed by atoms with Gasteiger partial charge in [-0.3, -0.25) is 4.55 Å². The Morgan fingerprint density at radius 3 is 1.32 bits per heavy atom. The number of hydrogen-bond donors (Lipinski definition) is 2. The third-order valence-corrected chi connectivity index (χ3v) is 7.15. The van der Waals surface area contributed by atoms with Gasteiger partial charge in [-0.05, 0) is 25.7 Å². The molecule has 0 rings (SSSR count). The highest BCUT2D eigenvalue weighted by Crippen LogP contribution is 2.19. The first kappa shape index (κ1) is 27.9. The van der Waals surface area contributed by atoms with E-state index < -0.39 is 15.4 Å². The van der Waals surface area contributed by atoms with Crippen LogP contribution in [0.15, 0.2) is 0 Å². The van der Waals surface area contributed by atoms with Crippen molar-refractivity contribution >= 4 is 10.1 Å². The van der Waals surface area contributed by atoms with Crippen LogP contribution in [0.1, 0.15) is 136 Å². The van der Waals surface area contributed by atoms with Gasteiger partial charge in [0.15, 0.2) is 0 Å². The minimum atomic E-state index is -3.92. The molecule has 0 bridgehead atoms. The topological polar surface area (TPSA) is 74.6 Å². The lowest BCUT2D eigenvalue weighted by molar-refractivity contribution is 0.156. The highest BCUT2D eigenvalue weighted by molar-refractivity contribution is 7.86. The lowest BCUT2D eigenvalue weighted by Crippen LogP contribution is -2.20. The summed E-state index contributed by atoms with van der Waals surface area (Å²) in [6.07, 6.45) is 20.1. The average Bonchev–Trinajstić information content (AvgIpc) is 2.65. The zero-order chi connectivity index (χ0) is 21.1. The molecule has 2 N–H and O–H groups in total. The molecule has 0 fully saturated rings. The van der Waals surface area contributed by atoms with Crippen LogP contribution in [0, 0.1) is 0 Å². The van der Waals surface area contributed by atoms with E-state index in [1.165, 1.54) is 51.4 Å². The monoisotopic (exact) mass is 420 g/mol. The molecule has 0 saturated heterocycles. The van der Waals surface area contributed by atoms with Crippen molar-refractivity contribution in [2.45, 2.75) is 147 Å². The van der Waals surface area contributed by atoms with Gasteiger partial charge in [0.2, 0.25) is 0 Å². The summed E-state index contributed by atoms with van der Waals surface area (Å²) in [6.45, 7) is 4.23. The van der Waals surface area contributed by atoms with Gasteiger partial charge in [-0.1, -0.05) is 110 Å². The Labute approximate surface area is 175 Å². The summed E-state index contributed by atoms with van der Waals surface area (Å²) in [4.78, 5) is 0. The Balaban J connectivity index is 3.70. The van der Waals surface area contributed by atoms with Crippen LogP contribution in [-0.2, 0) is 10.1 Å². The zero-order valence-electron chi connectivity index (χ0n) is 18.7.